The first-order chi connectivity index (χ1) is 20.0. The number of imidazole rings is 1. The monoisotopic (exact) mass is 598 g/mol. The number of benzene rings is 2. The number of alkyl carbamates (subject to hydrolysis) is 1. The van der Waals surface area contributed by atoms with Crippen molar-refractivity contribution >= 4 is 35.3 Å². The van der Waals surface area contributed by atoms with E-state index >= 15 is 0 Å². The fraction of sp³-hybridized carbons (Fsp3) is 0.419. The van der Waals surface area contributed by atoms with Crippen molar-refractivity contribution in [3.8, 4) is 0 Å². The molecule has 2 aromatic carbocycles. The van der Waals surface area contributed by atoms with Gasteiger partial charge < -0.3 is 29.8 Å². The smallest absolute Gasteiger partial charge is 0.408 e. The molecular formula is C31H39ClN4O6. The van der Waals surface area contributed by atoms with Gasteiger partial charge in [-0.2, -0.15) is 0 Å². The van der Waals surface area contributed by atoms with Gasteiger partial charge in [0.2, 0.25) is 5.91 Å². The maximum Gasteiger partial charge on any atom is 0.408 e. The summed E-state index contributed by atoms with van der Waals surface area (Å²) in [7, 11) is 0. The van der Waals surface area contributed by atoms with Crippen LogP contribution in [0.4, 0.5) is 10.5 Å². The van der Waals surface area contributed by atoms with E-state index in [-0.39, 0.29) is 19.6 Å². The van der Waals surface area contributed by atoms with Gasteiger partial charge in [-0.15, -0.1) is 0 Å². The number of unbranched alkanes of at least 4 members (excludes halogenated alkanes) is 1. The van der Waals surface area contributed by atoms with E-state index in [0.29, 0.717) is 23.1 Å². The first-order valence-electron chi connectivity index (χ1n) is 13.9. The number of aliphatic hydroxyl groups is 1. The van der Waals surface area contributed by atoms with Crippen LogP contribution in [-0.4, -0.2) is 44.3 Å². The predicted octanol–water partition coefficient (Wildman–Crippen LogP) is 5.39. The highest BCUT2D eigenvalue weighted by atomic mass is 35.5. The standard InChI is InChI=1S/C31H39ClN4O6/c1-5-6-12-26-35-28(32)25(19-37)36(26)18-21-13-15-23(16-14-21)33-29(39)24(17-27(38)42-31(2,3)4)34-30(40)41-20-22-10-8-7-9-11-22/h7-11,13-16,24,37H,5-6,12,17-20H2,1-4H3,(H,33,39)(H,34,40)/t24-/m0/s1. The second-order valence-corrected chi connectivity index (χ2v) is 11.2. The third kappa shape index (κ3) is 10.2. The van der Waals surface area contributed by atoms with E-state index in [2.05, 4.69) is 22.5 Å². The highest BCUT2D eigenvalue weighted by Gasteiger charge is 2.28. The van der Waals surface area contributed by atoms with E-state index in [1.54, 1.807) is 45.0 Å². The van der Waals surface area contributed by atoms with Gasteiger partial charge in [0.25, 0.3) is 0 Å². The summed E-state index contributed by atoms with van der Waals surface area (Å²) in [5.41, 5.74) is 1.95. The van der Waals surface area contributed by atoms with E-state index in [0.717, 1.165) is 36.2 Å². The molecular weight excluding hydrogens is 560 g/mol. The number of hydrogen-bond acceptors (Lipinski definition) is 7. The molecule has 0 spiro atoms. The lowest BCUT2D eigenvalue weighted by atomic mass is 10.1. The number of aromatic nitrogens is 2. The Morgan fingerprint density at radius 2 is 1.74 bits per heavy atom. The summed E-state index contributed by atoms with van der Waals surface area (Å²) in [5, 5.41) is 15.4. The predicted molar refractivity (Wildman–Crippen MR) is 160 cm³/mol. The Morgan fingerprint density at radius 1 is 1.05 bits per heavy atom. The molecule has 1 heterocycles. The zero-order valence-corrected chi connectivity index (χ0v) is 25.2. The fourth-order valence-electron chi connectivity index (χ4n) is 4.14. The molecule has 1 atom stereocenters. The minimum absolute atomic E-state index is 0.00912. The minimum atomic E-state index is -1.23. The van der Waals surface area contributed by atoms with Crippen molar-refractivity contribution < 1.29 is 29.0 Å². The molecule has 0 saturated carbocycles. The second-order valence-electron chi connectivity index (χ2n) is 10.8. The Hall–Kier alpha value is -3.89. The topological polar surface area (TPSA) is 132 Å². The summed E-state index contributed by atoms with van der Waals surface area (Å²) >= 11 is 6.25. The molecule has 11 heteroatoms. The quantitative estimate of drug-likeness (QED) is 0.225. The van der Waals surface area contributed by atoms with Gasteiger partial charge in [0.15, 0.2) is 5.15 Å². The lowest BCUT2D eigenvalue weighted by Gasteiger charge is -2.22. The van der Waals surface area contributed by atoms with E-state index in [1.807, 2.05) is 34.9 Å². The second kappa shape index (κ2) is 15.4. The summed E-state index contributed by atoms with van der Waals surface area (Å²) in [6.45, 7) is 7.47. The lowest BCUT2D eigenvalue weighted by Crippen LogP contribution is -2.46. The molecule has 0 aliphatic rings. The Bertz CT molecular complexity index is 1340. The van der Waals surface area contributed by atoms with Gasteiger partial charge in [-0.05, 0) is 50.5 Å². The van der Waals surface area contributed by atoms with E-state index in [4.69, 9.17) is 21.1 Å². The molecule has 42 heavy (non-hydrogen) atoms. The fourth-order valence-corrected chi connectivity index (χ4v) is 4.40. The molecule has 0 fully saturated rings. The number of carbonyl (C=O) groups excluding carboxylic acids is 3. The number of aryl methyl sites for hydroxylation is 1. The SMILES string of the molecule is CCCCc1nc(Cl)c(CO)n1Cc1ccc(NC(=O)[C@H](CC(=O)OC(C)(C)C)NC(=O)OCc2ccccc2)cc1. The van der Waals surface area contributed by atoms with Crippen molar-refractivity contribution in [3.05, 3.63) is 82.4 Å². The van der Waals surface area contributed by atoms with Gasteiger partial charge in [-0.3, -0.25) is 9.59 Å². The number of carbonyl (C=O) groups is 3. The van der Waals surface area contributed by atoms with Crippen LogP contribution in [0.3, 0.4) is 0 Å². The summed E-state index contributed by atoms with van der Waals surface area (Å²) in [4.78, 5) is 42.6. The van der Waals surface area contributed by atoms with Crippen LogP contribution < -0.4 is 10.6 Å². The van der Waals surface area contributed by atoms with Crippen LogP contribution in [-0.2, 0) is 45.2 Å². The van der Waals surface area contributed by atoms with E-state index < -0.39 is 29.6 Å². The maximum atomic E-state index is 13.2. The maximum absolute atomic E-state index is 13.2. The van der Waals surface area contributed by atoms with Gasteiger partial charge in [-0.25, -0.2) is 9.78 Å². The Labute approximate surface area is 251 Å². The molecule has 1 aromatic heterocycles. The average Bonchev–Trinajstić information content (AvgIpc) is 3.24. The third-order valence-corrected chi connectivity index (χ3v) is 6.48. The van der Waals surface area contributed by atoms with Crippen LogP contribution in [0.1, 0.15) is 69.6 Å². The molecule has 0 bridgehead atoms. The largest absolute Gasteiger partial charge is 0.460 e. The summed E-state index contributed by atoms with van der Waals surface area (Å²) in [6, 6.07) is 15.0. The van der Waals surface area contributed by atoms with Crippen LogP contribution in [0.15, 0.2) is 54.6 Å². The molecule has 226 valence electrons. The molecule has 0 unspecified atom stereocenters. The molecule has 0 saturated heterocycles. The lowest BCUT2D eigenvalue weighted by molar-refractivity contribution is -0.156. The third-order valence-electron chi connectivity index (χ3n) is 6.18. The zero-order valence-electron chi connectivity index (χ0n) is 24.5. The molecule has 0 radical (unpaired) electrons. The number of halogens is 1. The number of esters is 1. The van der Waals surface area contributed by atoms with Crippen LogP contribution in [0, 0.1) is 0 Å². The van der Waals surface area contributed by atoms with Crippen LogP contribution in [0.5, 0.6) is 0 Å². The highest BCUT2D eigenvalue weighted by molar-refractivity contribution is 6.30. The Morgan fingerprint density at radius 3 is 2.36 bits per heavy atom. The van der Waals surface area contributed by atoms with Crippen molar-refractivity contribution in [1.29, 1.82) is 0 Å². The normalized spacial score (nSPS) is 12.0. The number of amides is 2. The van der Waals surface area contributed by atoms with Crippen LogP contribution in [0.25, 0.3) is 0 Å². The molecule has 10 nitrogen and oxygen atoms in total. The van der Waals surface area contributed by atoms with Crippen LogP contribution >= 0.6 is 11.6 Å². The van der Waals surface area contributed by atoms with Gasteiger partial charge in [0, 0.05) is 18.7 Å². The minimum Gasteiger partial charge on any atom is -0.460 e. The number of rotatable bonds is 13. The Kier molecular flexibility index (Phi) is 11.9. The average molecular weight is 599 g/mol. The summed E-state index contributed by atoms with van der Waals surface area (Å²) in [5.74, 6) is -0.437. The highest BCUT2D eigenvalue weighted by Crippen LogP contribution is 2.22. The molecule has 0 aliphatic heterocycles. The molecule has 3 rings (SSSR count). The van der Waals surface area contributed by atoms with Crippen LogP contribution in [0.2, 0.25) is 5.15 Å². The Balaban J connectivity index is 1.69. The molecule has 0 aliphatic carbocycles. The number of ether oxygens (including phenoxy) is 2. The number of nitrogens with zero attached hydrogens (tertiary/aromatic N) is 2. The van der Waals surface area contributed by atoms with Crippen molar-refractivity contribution in [2.24, 2.45) is 0 Å². The first-order valence-corrected chi connectivity index (χ1v) is 14.3. The number of anilines is 1. The van der Waals surface area contributed by atoms with Crippen molar-refractivity contribution in [1.82, 2.24) is 14.9 Å². The van der Waals surface area contributed by atoms with Gasteiger partial charge in [-0.1, -0.05) is 67.4 Å². The first kappa shape index (κ1) is 32.6. The van der Waals surface area contributed by atoms with Gasteiger partial charge in [0.05, 0.1) is 18.7 Å². The number of aliphatic hydroxyl groups excluding tert-OH is 1. The zero-order chi connectivity index (χ0) is 30.7. The van der Waals surface area contributed by atoms with E-state index in [1.165, 1.54) is 0 Å². The van der Waals surface area contributed by atoms with Gasteiger partial charge >= 0.3 is 12.1 Å². The molecule has 3 N–H and O–H groups in total. The van der Waals surface area contributed by atoms with Crippen molar-refractivity contribution in [2.75, 3.05) is 5.32 Å². The molecule has 2 amide bonds. The summed E-state index contributed by atoms with van der Waals surface area (Å²) in [6.07, 6.45) is 1.47. The van der Waals surface area contributed by atoms with Gasteiger partial charge in [0.1, 0.15) is 24.1 Å². The summed E-state index contributed by atoms with van der Waals surface area (Å²) < 4.78 is 12.5. The number of nitrogens with one attached hydrogen (secondary N) is 2. The molecule has 3 aromatic rings. The number of hydrogen-bond donors (Lipinski definition) is 3. The van der Waals surface area contributed by atoms with E-state index in [9.17, 15) is 19.5 Å². The van der Waals surface area contributed by atoms with Crippen molar-refractivity contribution in [3.63, 3.8) is 0 Å². The van der Waals surface area contributed by atoms with Crippen molar-refractivity contribution in [2.45, 2.75) is 84.8 Å².